The number of amides is 1. The highest BCUT2D eigenvalue weighted by Gasteiger charge is 2.36. The number of benzene rings is 1. The predicted molar refractivity (Wildman–Crippen MR) is 78.8 cm³/mol. The Morgan fingerprint density at radius 2 is 2.13 bits per heavy atom. The molecule has 0 spiro atoms. The fraction of sp³-hybridized carbons (Fsp3) is 0.312. The number of oxazole rings is 1. The number of nitrogens with zero attached hydrogens (tertiary/aromatic N) is 2. The van der Waals surface area contributed by atoms with Crippen LogP contribution in [0.5, 0.6) is 0 Å². The van der Waals surface area contributed by atoms with Crippen LogP contribution in [0.25, 0.3) is 0 Å². The standard InChI is InChI=1S/C16H16N2O5/c19-15(20)13-14(23-10-17-13)12-7-4-8-18(12)16(21)22-9-11-5-2-1-3-6-11/h1-3,5-6,10,12H,4,7-9H2,(H,19,20)/t12-/m0/s1. The van der Waals surface area contributed by atoms with E-state index in [9.17, 15) is 9.59 Å². The molecule has 0 radical (unpaired) electrons. The van der Waals surface area contributed by atoms with Gasteiger partial charge in [-0.3, -0.25) is 4.90 Å². The van der Waals surface area contributed by atoms with E-state index in [4.69, 9.17) is 14.3 Å². The fourth-order valence-electron chi connectivity index (χ4n) is 2.71. The molecule has 0 saturated carbocycles. The van der Waals surface area contributed by atoms with Crippen molar-refractivity contribution in [2.75, 3.05) is 6.54 Å². The topological polar surface area (TPSA) is 92.9 Å². The van der Waals surface area contributed by atoms with Crippen molar-refractivity contribution >= 4 is 12.1 Å². The molecule has 2 heterocycles. The van der Waals surface area contributed by atoms with Gasteiger partial charge in [0.05, 0.1) is 6.04 Å². The number of carbonyl (C=O) groups is 2. The minimum absolute atomic E-state index is 0.155. The van der Waals surface area contributed by atoms with Crippen LogP contribution >= 0.6 is 0 Å². The van der Waals surface area contributed by atoms with Gasteiger partial charge in [-0.25, -0.2) is 14.6 Å². The van der Waals surface area contributed by atoms with Crippen LogP contribution in [0.1, 0.15) is 40.7 Å². The Hall–Kier alpha value is -2.83. The van der Waals surface area contributed by atoms with Gasteiger partial charge in [-0.2, -0.15) is 0 Å². The molecule has 1 atom stereocenters. The Balaban J connectivity index is 1.70. The SMILES string of the molecule is O=C(O)c1ncoc1[C@@H]1CCCN1C(=O)OCc1ccccc1. The van der Waals surface area contributed by atoms with E-state index in [0.717, 1.165) is 18.4 Å². The summed E-state index contributed by atoms with van der Waals surface area (Å²) in [4.78, 5) is 28.7. The summed E-state index contributed by atoms with van der Waals surface area (Å²) in [6.45, 7) is 0.670. The summed E-state index contributed by atoms with van der Waals surface area (Å²) in [5.74, 6) is -0.968. The van der Waals surface area contributed by atoms with Gasteiger partial charge in [-0.15, -0.1) is 0 Å². The van der Waals surface area contributed by atoms with Gasteiger partial charge >= 0.3 is 12.1 Å². The Labute approximate surface area is 132 Å². The second-order valence-electron chi connectivity index (χ2n) is 5.26. The molecule has 1 aromatic carbocycles. The zero-order chi connectivity index (χ0) is 16.2. The van der Waals surface area contributed by atoms with Crippen LogP contribution in [0.15, 0.2) is 41.1 Å². The van der Waals surface area contributed by atoms with Crippen molar-refractivity contribution in [2.45, 2.75) is 25.5 Å². The van der Waals surface area contributed by atoms with Crippen molar-refractivity contribution < 1.29 is 23.8 Å². The fourth-order valence-corrected chi connectivity index (χ4v) is 2.71. The molecular weight excluding hydrogens is 300 g/mol. The number of carboxylic acid groups (broad SMARTS) is 1. The van der Waals surface area contributed by atoms with E-state index in [1.54, 1.807) is 0 Å². The maximum absolute atomic E-state index is 12.3. The molecule has 3 rings (SSSR count). The van der Waals surface area contributed by atoms with Crippen LogP contribution in [0.4, 0.5) is 4.79 Å². The molecule has 1 N–H and O–H groups in total. The molecule has 120 valence electrons. The van der Waals surface area contributed by atoms with Crippen LogP contribution in [0.2, 0.25) is 0 Å². The summed E-state index contributed by atoms with van der Waals surface area (Å²) in [7, 11) is 0. The maximum Gasteiger partial charge on any atom is 0.410 e. The van der Waals surface area contributed by atoms with Gasteiger partial charge in [0.25, 0.3) is 0 Å². The summed E-state index contributed by atoms with van der Waals surface area (Å²) in [5, 5.41) is 9.13. The molecular formula is C16H16N2O5. The normalized spacial score (nSPS) is 17.2. The molecule has 2 aromatic rings. The molecule has 7 nitrogen and oxygen atoms in total. The average Bonchev–Trinajstić information content (AvgIpc) is 3.21. The second kappa shape index (κ2) is 6.51. The number of ether oxygens (including phenoxy) is 1. The van der Waals surface area contributed by atoms with E-state index >= 15 is 0 Å². The molecule has 1 saturated heterocycles. The molecule has 1 fully saturated rings. The van der Waals surface area contributed by atoms with Crippen LogP contribution in [-0.4, -0.2) is 33.6 Å². The van der Waals surface area contributed by atoms with Crippen molar-refractivity contribution in [1.82, 2.24) is 9.88 Å². The van der Waals surface area contributed by atoms with Gasteiger partial charge < -0.3 is 14.3 Å². The Kier molecular flexibility index (Phi) is 4.27. The first-order valence-corrected chi connectivity index (χ1v) is 7.31. The number of aromatic carboxylic acids is 1. The van der Waals surface area contributed by atoms with Crippen molar-refractivity contribution in [3.05, 3.63) is 53.7 Å². The minimum atomic E-state index is -1.17. The Bertz CT molecular complexity index is 698. The van der Waals surface area contributed by atoms with Crippen molar-refractivity contribution in [3.63, 3.8) is 0 Å². The Morgan fingerprint density at radius 1 is 1.35 bits per heavy atom. The quantitative estimate of drug-likeness (QED) is 0.932. The van der Waals surface area contributed by atoms with Gasteiger partial charge in [0.15, 0.2) is 17.8 Å². The summed E-state index contributed by atoms with van der Waals surface area (Å²) < 4.78 is 10.5. The number of hydrogen-bond acceptors (Lipinski definition) is 5. The first-order chi connectivity index (χ1) is 11.2. The molecule has 23 heavy (non-hydrogen) atoms. The second-order valence-corrected chi connectivity index (χ2v) is 5.26. The first-order valence-electron chi connectivity index (χ1n) is 7.31. The highest BCUT2D eigenvalue weighted by molar-refractivity contribution is 5.86. The third kappa shape index (κ3) is 3.18. The number of rotatable bonds is 4. The smallest absolute Gasteiger partial charge is 0.410 e. The van der Waals surface area contributed by atoms with Crippen LogP contribution in [0, 0.1) is 0 Å². The molecule has 1 aliphatic rings. The lowest BCUT2D eigenvalue weighted by Crippen LogP contribution is -2.31. The van der Waals surface area contributed by atoms with Gasteiger partial charge in [-0.05, 0) is 18.4 Å². The number of hydrogen-bond donors (Lipinski definition) is 1. The van der Waals surface area contributed by atoms with E-state index in [1.165, 1.54) is 4.90 Å². The summed E-state index contributed by atoms with van der Waals surface area (Å²) in [6.07, 6.45) is 1.98. The Morgan fingerprint density at radius 3 is 2.87 bits per heavy atom. The van der Waals surface area contributed by atoms with Gasteiger partial charge in [0, 0.05) is 6.54 Å². The molecule has 1 aliphatic heterocycles. The molecule has 1 aromatic heterocycles. The van der Waals surface area contributed by atoms with Crippen molar-refractivity contribution in [2.24, 2.45) is 0 Å². The molecule has 0 unspecified atom stereocenters. The summed E-state index contributed by atoms with van der Waals surface area (Å²) >= 11 is 0. The molecule has 0 aliphatic carbocycles. The highest BCUT2D eigenvalue weighted by atomic mass is 16.6. The first kappa shape index (κ1) is 15.1. The zero-order valence-electron chi connectivity index (χ0n) is 12.3. The van der Waals surface area contributed by atoms with E-state index in [1.807, 2.05) is 30.3 Å². The lowest BCUT2D eigenvalue weighted by molar-refractivity contribution is 0.0677. The van der Waals surface area contributed by atoms with E-state index in [2.05, 4.69) is 4.98 Å². The summed E-state index contributed by atoms with van der Waals surface area (Å²) in [6, 6.07) is 8.91. The van der Waals surface area contributed by atoms with Gasteiger partial charge in [0.1, 0.15) is 6.61 Å². The van der Waals surface area contributed by atoms with E-state index < -0.39 is 18.1 Å². The molecule has 0 bridgehead atoms. The minimum Gasteiger partial charge on any atom is -0.476 e. The van der Waals surface area contributed by atoms with Gasteiger partial charge in [-0.1, -0.05) is 30.3 Å². The molecule has 1 amide bonds. The average molecular weight is 316 g/mol. The van der Waals surface area contributed by atoms with Crippen molar-refractivity contribution in [3.8, 4) is 0 Å². The molecule has 7 heteroatoms. The maximum atomic E-state index is 12.3. The van der Waals surface area contributed by atoms with Gasteiger partial charge in [0.2, 0.25) is 0 Å². The van der Waals surface area contributed by atoms with Crippen LogP contribution < -0.4 is 0 Å². The monoisotopic (exact) mass is 316 g/mol. The largest absolute Gasteiger partial charge is 0.476 e. The van der Waals surface area contributed by atoms with E-state index in [-0.39, 0.29) is 18.1 Å². The highest BCUT2D eigenvalue weighted by Crippen LogP contribution is 2.34. The lowest BCUT2D eigenvalue weighted by Gasteiger charge is -2.22. The lowest BCUT2D eigenvalue weighted by atomic mass is 10.1. The third-order valence-electron chi connectivity index (χ3n) is 3.79. The zero-order valence-corrected chi connectivity index (χ0v) is 12.3. The number of carbonyl (C=O) groups excluding carboxylic acids is 1. The number of likely N-dealkylation sites (tertiary alicyclic amines) is 1. The summed E-state index contributed by atoms with van der Waals surface area (Å²) in [5.41, 5.74) is 0.736. The van der Waals surface area contributed by atoms with E-state index in [0.29, 0.717) is 13.0 Å². The predicted octanol–water partition coefficient (Wildman–Crippen LogP) is 2.85. The third-order valence-corrected chi connectivity index (χ3v) is 3.79. The number of aromatic nitrogens is 1. The number of carboxylic acids is 1. The van der Waals surface area contributed by atoms with Crippen LogP contribution in [-0.2, 0) is 11.3 Å². The van der Waals surface area contributed by atoms with Crippen molar-refractivity contribution in [1.29, 1.82) is 0 Å². The van der Waals surface area contributed by atoms with Crippen LogP contribution in [0.3, 0.4) is 0 Å².